The summed E-state index contributed by atoms with van der Waals surface area (Å²) < 4.78 is 43.9. The van der Waals surface area contributed by atoms with E-state index in [4.69, 9.17) is 4.52 Å². The number of nitrogens with zero attached hydrogens (tertiary/aromatic N) is 3. The lowest BCUT2D eigenvalue weighted by Crippen LogP contribution is -2.30. The van der Waals surface area contributed by atoms with Crippen LogP contribution in [0, 0.1) is 0 Å². The Morgan fingerprint density at radius 3 is 2.44 bits per heavy atom. The van der Waals surface area contributed by atoms with Gasteiger partial charge in [0, 0.05) is 5.56 Å². The quantitative estimate of drug-likeness (QED) is 0.771. The zero-order valence-corrected chi connectivity index (χ0v) is 14.2. The molecule has 7 heteroatoms. The third-order valence-corrected chi connectivity index (χ3v) is 4.69. The molecule has 1 aromatic carbocycles. The Hall–Kier alpha value is -1.89. The highest BCUT2D eigenvalue weighted by molar-refractivity contribution is 5.55. The zero-order chi connectivity index (χ0) is 17.9. The molecule has 1 atom stereocenters. The lowest BCUT2D eigenvalue weighted by atomic mass is 10.1. The molecule has 25 heavy (non-hydrogen) atoms. The smallest absolute Gasteiger partial charge is 0.337 e. The molecule has 4 nitrogen and oxygen atoms in total. The van der Waals surface area contributed by atoms with Crippen LogP contribution in [0.3, 0.4) is 0 Å². The zero-order valence-electron chi connectivity index (χ0n) is 14.2. The number of halogens is 3. The van der Waals surface area contributed by atoms with E-state index in [0.717, 1.165) is 38.1 Å². The van der Waals surface area contributed by atoms with Crippen LogP contribution in [-0.2, 0) is 6.18 Å². The van der Waals surface area contributed by atoms with E-state index >= 15 is 0 Å². The monoisotopic (exact) mass is 353 g/mol. The molecule has 1 saturated heterocycles. The summed E-state index contributed by atoms with van der Waals surface area (Å²) in [6.07, 6.45) is 1.62. The van der Waals surface area contributed by atoms with Crippen LogP contribution in [0.2, 0.25) is 0 Å². The van der Waals surface area contributed by atoms with Gasteiger partial charge in [0.1, 0.15) is 0 Å². The predicted octanol–water partition coefficient (Wildman–Crippen LogP) is 5.08. The van der Waals surface area contributed by atoms with Crippen LogP contribution in [0.1, 0.15) is 56.5 Å². The van der Waals surface area contributed by atoms with E-state index in [1.807, 2.05) is 6.92 Å². The van der Waals surface area contributed by atoms with Gasteiger partial charge in [-0.2, -0.15) is 18.2 Å². The maximum atomic E-state index is 12.9. The fourth-order valence-corrected chi connectivity index (χ4v) is 3.17. The Balaban J connectivity index is 1.77. The Morgan fingerprint density at radius 1 is 1.08 bits per heavy atom. The summed E-state index contributed by atoms with van der Waals surface area (Å²) in [5.41, 5.74) is -0.405. The molecule has 2 heterocycles. The van der Waals surface area contributed by atoms with Crippen molar-refractivity contribution in [2.75, 3.05) is 13.1 Å². The van der Waals surface area contributed by atoms with Crippen molar-refractivity contribution in [1.29, 1.82) is 0 Å². The van der Waals surface area contributed by atoms with Crippen molar-refractivity contribution in [3.63, 3.8) is 0 Å². The maximum absolute atomic E-state index is 12.9. The highest BCUT2D eigenvalue weighted by atomic mass is 19.4. The molecule has 3 rings (SSSR count). The van der Waals surface area contributed by atoms with Crippen LogP contribution in [0.5, 0.6) is 0 Å². The predicted molar refractivity (Wildman–Crippen MR) is 87.8 cm³/mol. The molecule has 0 spiro atoms. The fraction of sp³-hybridized carbons (Fsp3) is 0.556. The van der Waals surface area contributed by atoms with Crippen LogP contribution < -0.4 is 0 Å². The largest absolute Gasteiger partial charge is 0.416 e. The van der Waals surface area contributed by atoms with Crippen LogP contribution in [0.15, 0.2) is 28.8 Å². The van der Waals surface area contributed by atoms with Gasteiger partial charge in [0.15, 0.2) is 0 Å². The Morgan fingerprint density at radius 2 is 1.76 bits per heavy atom. The first-order chi connectivity index (χ1) is 11.9. The number of rotatable bonds is 3. The number of likely N-dealkylation sites (tertiary alicyclic amines) is 1. The minimum absolute atomic E-state index is 0.0369. The van der Waals surface area contributed by atoms with Crippen molar-refractivity contribution in [1.82, 2.24) is 15.0 Å². The second-order valence-electron chi connectivity index (χ2n) is 6.51. The third-order valence-electron chi connectivity index (χ3n) is 4.69. The van der Waals surface area contributed by atoms with E-state index in [1.165, 1.54) is 25.3 Å². The molecule has 2 aromatic rings. The molecule has 1 aliphatic rings. The lowest BCUT2D eigenvalue weighted by Gasteiger charge is -2.28. The third kappa shape index (κ3) is 4.39. The molecule has 1 unspecified atom stereocenters. The van der Waals surface area contributed by atoms with Crippen LogP contribution in [-0.4, -0.2) is 28.1 Å². The van der Waals surface area contributed by atoms with E-state index in [2.05, 4.69) is 15.0 Å². The molecule has 0 bridgehead atoms. The van der Waals surface area contributed by atoms with Crippen LogP contribution in [0.4, 0.5) is 13.2 Å². The first-order valence-electron chi connectivity index (χ1n) is 8.70. The van der Waals surface area contributed by atoms with Crippen LogP contribution >= 0.6 is 0 Å². The van der Waals surface area contributed by atoms with Gasteiger partial charge in [0.05, 0.1) is 11.6 Å². The minimum atomic E-state index is -4.39. The summed E-state index contributed by atoms with van der Waals surface area (Å²) in [6.45, 7) is 3.95. The van der Waals surface area contributed by atoms with Gasteiger partial charge in [-0.3, -0.25) is 4.90 Å². The molecule has 0 saturated carbocycles. The van der Waals surface area contributed by atoms with Gasteiger partial charge in [0.25, 0.3) is 0 Å². The molecular weight excluding hydrogens is 331 g/mol. The average Bonchev–Trinajstić information content (AvgIpc) is 3.03. The van der Waals surface area contributed by atoms with Crippen molar-refractivity contribution >= 4 is 0 Å². The van der Waals surface area contributed by atoms with Crippen molar-refractivity contribution in [3.8, 4) is 11.4 Å². The number of alkyl halides is 3. The van der Waals surface area contributed by atoms with Gasteiger partial charge in [-0.1, -0.05) is 36.6 Å². The SMILES string of the molecule is CC(c1nc(-c2cccc(C(F)(F)F)c2)no1)N1CCCCCCC1. The standard InChI is InChI=1S/C18H22F3N3O/c1-13(24-10-5-3-2-4-6-11-24)17-22-16(23-25-17)14-8-7-9-15(12-14)18(19,20)21/h7-9,12-13H,2-6,10-11H2,1H3. The highest BCUT2D eigenvalue weighted by Crippen LogP contribution is 2.32. The van der Waals surface area contributed by atoms with Crippen molar-refractivity contribution < 1.29 is 17.7 Å². The van der Waals surface area contributed by atoms with Gasteiger partial charge in [-0.05, 0) is 45.0 Å². The first-order valence-corrected chi connectivity index (χ1v) is 8.70. The fourth-order valence-electron chi connectivity index (χ4n) is 3.17. The van der Waals surface area contributed by atoms with Crippen molar-refractivity contribution in [3.05, 3.63) is 35.7 Å². The summed E-state index contributed by atoms with van der Waals surface area (Å²) in [5.74, 6) is 0.646. The maximum Gasteiger partial charge on any atom is 0.416 e. The Bertz CT molecular complexity index is 691. The van der Waals surface area contributed by atoms with Gasteiger partial charge < -0.3 is 4.52 Å². The van der Waals surface area contributed by atoms with Gasteiger partial charge in [-0.25, -0.2) is 0 Å². The minimum Gasteiger partial charge on any atom is -0.337 e. The highest BCUT2D eigenvalue weighted by Gasteiger charge is 2.31. The van der Waals surface area contributed by atoms with Crippen molar-refractivity contribution in [2.45, 2.75) is 51.2 Å². The summed E-state index contributed by atoms with van der Waals surface area (Å²) in [7, 11) is 0. The Labute approximate surface area is 145 Å². The van der Waals surface area contributed by atoms with E-state index in [9.17, 15) is 13.2 Å². The second kappa shape index (κ2) is 7.56. The Kier molecular flexibility index (Phi) is 5.42. The van der Waals surface area contributed by atoms with Crippen molar-refractivity contribution in [2.24, 2.45) is 0 Å². The topological polar surface area (TPSA) is 42.2 Å². The van der Waals surface area contributed by atoms with Gasteiger partial charge >= 0.3 is 6.18 Å². The normalized spacial score (nSPS) is 18.6. The van der Waals surface area contributed by atoms with E-state index in [0.29, 0.717) is 11.5 Å². The molecule has 0 amide bonds. The summed E-state index contributed by atoms with van der Waals surface area (Å²) in [4.78, 5) is 6.65. The molecule has 0 aliphatic carbocycles. The van der Waals surface area contributed by atoms with Gasteiger partial charge in [-0.15, -0.1) is 0 Å². The number of hydrogen-bond acceptors (Lipinski definition) is 4. The lowest BCUT2D eigenvalue weighted by molar-refractivity contribution is -0.137. The average molecular weight is 353 g/mol. The second-order valence-corrected chi connectivity index (χ2v) is 6.51. The summed E-state index contributed by atoms with van der Waals surface area (Å²) in [6, 6.07) is 4.97. The molecular formula is C18H22F3N3O. The molecule has 1 aliphatic heterocycles. The summed E-state index contributed by atoms with van der Waals surface area (Å²) >= 11 is 0. The summed E-state index contributed by atoms with van der Waals surface area (Å²) in [5, 5.41) is 3.89. The molecule has 1 aromatic heterocycles. The molecule has 1 fully saturated rings. The van der Waals surface area contributed by atoms with E-state index < -0.39 is 11.7 Å². The molecule has 0 N–H and O–H groups in total. The molecule has 136 valence electrons. The first kappa shape index (κ1) is 17.9. The number of aromatic nitrogens is 2. The molecule has 0 radical (unpaired) electrons. The van der Waals surface area contributed by atoms with E-state index in [1.54, 1.807) is 6.07 Å². The number of benzene rings is 1. The van der Waals surface area contributed by atoms with Crippen LogP contribution in [0.25, 0.3) is 11.4 Å². The van der Waals surface area contributed by atoms with Gasteiger partial charge in [0.2, 0.25) is 11.7 Å². The van der Waals surface area contributed by atoms with E-state index in [-0.39, 0.29) is 11.9 Å². The number of hydrogen-bond donors (Lipinski definition) is 0.